The Hall–Kier alpha value is 1.10. The number of alkyl halides is 4. The number of ether oxygens (including phenoxy) is 2. The molecule has 0 aromatic heterocycles. The van der Waals surface area contributed by atoms with E-state index in [4.69, 9.17) is 9.47 Å². The molecule has 188 valence electrons. The fourth-order valence-corrected chi connectivity index (χ4v) is 6.97. The maximum atomic E-state index is 6.07. The average molecular weight is 992 g/mol. The average Bonchev–Trinajstić information content (AvgIpc) is 2.83. The highest BCUT2D eigenvalue weighted by atomic mass is 79.9. The van der Waals surface area contributed by atoms with Gasteiger partial charge >= 0.3 is 0 Å². The maximum absolute atomic E-state index is 6.07. The highest BCUT2D eigenvalue weighted by Crippen LogP contribution is 2.44. The van der Waals surface area contributed by atoms with E-state index in [1.54, 1.807) is 0 Å². The minimum absolute atomic E-state index is 0.00238. The van der Waals surface area contributed by atoms with E-state index in [0.29, 0.717) is 13.2 Å². The van der Waals surface area contributed by atoms with Gasteiger partial charge in [-0.2, -0.15) is 0 Å². The topological polar surface area (TPSA) is 18.5 Å². The van der Waals surface area contributed by atoms with Crippen molar-refractivity contribution >= 4 is 127 Å². The van der Waals surface area contributed by atoms with Gasteiger partial charge in [0.05, 0.1) is 27.5 Å². The van der Waals surface area contributed by atoms with Crippen LogP contribution in [0.2, 0.25) is 0 Å². The van der Waals surface area contributed by atoms with Gasteiger partial charge in [0.15, 0.2) is 0 Å². The molecule has 0 spiro atoms. The molecule has 0 aliphatic heterocycles. The van der Waals surface area contributed by atoms with Gasteiger partial charge in [-0.15, -0.1) is 0 Å². The first-order valence-electron chi connectivity index (χ1n) is 10.4. The predicted octanol–water partition coefficient (Wildman–Crippen LogP) is 11.0. The first kappa shape index (κ1) is 30.6. The van der Waals surface area contributed by atoms with Crippen LogP contribution in [0.25, 0.3) is 0 Å². The second kappa shape index (κ2) is 15.0. The summed E-state index contributed by atoms with van der Waals surface area (Å²) in [5.74, 6) is 1.57. The summed E-state index contributed by atoms with van der Waals surface area (Å²) in [4.78, 5) is 0.450. The van der Waals surface area contributed by atoms with Crippen molar-refractivity contribution in [2.75, 3.05) is 23.9 Å². The van der Waals surface area contributed by atoms with E-state index in [2.05, 4.69) is 176 Å². The zero-order valence-corrected chi connectivity index (χ0v) is 30.8. The van der Waals surface area contributed by atoms with Gasteiger partial charge in [0.1, 0.15) is 24.7 Å². The van der Waals surface area contributed by atoms with Crippen molar-refractivity contribution in [3.63, 3.8) is 0 Å². The Labute approximate surface area is 273 Å². The summed E-state index contributed by atoms with van der Waals surface area (Å²) < 4.78 is 15.7. The lowest BCUT2D eigenvalue weighted by atomic mass is 9.85. The molecule has 0 fully saturated rings. The summed E-state index contributed by atoms with van der Waals surface area (Å²) in [5, 5.41) is 1.62. The fourth-order valence-electron chi connectivity index (χ4n) is 3.43. The lowest BCUT2D eigenvalue weighted by Crippen LogP contribution is -2.13. The van der Waals surface area contributed by atoms with Crippen molar-refractivity contribution < 1.29 is 9.47 Å². The molecular weight excluding hydrogens is 972 g/mol. The Morgan fingerprint density at radius 1 is 0.571 bits per heavy atom. The van der Waals surface area contributed by atoms with E-state index in [-0.39, 0.29) is 15.6 Å². The van der Waals surface area contributed by atoms with Crippen LogP contribution < -0.4 is 9.47 Å². The molecule has 3 rings (SSSR count). The molecule has 0 saturated carbocycles. The van der Waals surface area contributed by atoms with Crippen LogP contribution in [0.3, 0.4) is 0 Å². The fraction of sp³-hybridized carbons (Fsp3) is 0.280. The monoisotopic (exact) mass is 983 g/mol. The molecule has 2 unspecified atom stereocenters. The Morgan fingerprint density at radius 3 is 1.29 bits per heavy atom. The second-order valence-electron chi connectivity index (χ2n) is 7.60. The molecule has 0 N–H and O–H groups in total. The Bertz CT molecular complexity index is 1010. The molecule has 2 nitrogen and oxygen atoms in total. The van der Waals surface area contributed by atoms with Gasteiger partial charge in [-0.05, 0) is 105 Å². The highest BCUT2D eigenvalue weighted by Gasteiger charge is 2.23. The minimum Gasteiger partial charge on any atom is -0.490 e. The lowest BCUT2D eigenvalue weighted by molar-refractivity contribution is 0.321. The summed E-state index contributed by atoms with van der Waals surface area (Å²) in [6.07, 6.45) is 0. The summed E-state index contributed by atoms with van der Waals surface area (Å²) in [6, 6.07) is 19.0. The number of rotatable bonds is 11. The van der Waals surface area contributed by atoms with Crippen LogP contribution in [0.1, 0.15) is 22.6 Å². The molecule has 3 aromatic rings. The van der Waals surface area contributed by atoms with Gasteiger partial charge in [-0.25, -0.2) is 0 Å². The third-order valence-corrected chi connectivity index (χ3v) is 11.8. The third-order valence-electron chi connectivity index (χ3n) is 4.99. The van der Waals surface area contributed by atoms with E-state index in [1.165, 1.54) is 5.56 Å². The van der Waals surface area contributed by atoms with E-state index in [1.807, 2.05) is 6.07 Å². The molecule has 0 heterocycles. The standard InChI is InChI=1S/C25H20Br8O2/c26-10-17(28)12-34-24-19(30)6-15(7-20(24)31)23(14-4-2-1-3-5-14)16-8-21(32)25(22(33)9-16)35-13-18(29)11-27/h1-9,17-18,23H,10-13H2. The van der Waals surface area contributed by atoms with Crippen molar-refractivity contribution in [1.29, 1.82) is 0 Å². The predicted molar refractivity (Wildman–Crippen MR) is 175 cm³/mol. The second-order valence-corrected chi connectivity index (χ2v) is 14.9. The van der Waals surface area contributed by atoms with Crippen molar-refractivity contribution in [1.82, 2.24) is 0 Å². The van der Waals surface area contributed by atoms with Gasteiger partial charge < -0.3 is 9.47 Å². The molecular formula is C25H20Br8O2. The third kappa shape index (κ3) is 8.54. The molecule has 0 radical (unpaired) electrons. The Morgan fingerprint density at radius 2 is 0.943 bits per heavy atom. The van der Waals surface area contributed by atoms with Crippen molar-refractivity contribution in [3.8, 4) is 11.5 Å². The van der Waals surface area contributed by atoms with Gasteiger partial charge in [0, 0.05) is 16.6 Å². The van der Waals surface area contributed by atoms with Crippen LogP contribution >= 0.6 is 127 Å². The van der Waals surface area contributed by atoms with Gasteiger partial charge in [0.2, 0.25) is 0 Å². The molecule has 10 heteroatoms. The van der Waals surface area contributed by atoms with Crippen molar-refractivity contribution in [2.45, 2.75) is 15.6 Å². The molecule has 0 aliphatic carbocycles. The van der Waals surface area contributed by atoms with Gasteiger partial charge in [-0.3, -0.25) is 0 Å². The van der Waals surface area contributed by atoms with Crippen LogP contribution in [0.4, 0.5) is 0 Å². The molecule has 0 aliphatic rings. The van der Waals surface area contributed by atoms with E-state index in [0.717, 1.165) is 51.2 Å². The molecule has 3 aromatic carbocycles. The quantitative estimate of drug-likeness (QED) is 0.141. The first-order chi connectivity index (χ1) is 16.7. The Balaban J connectivity index is 2.03. The van der Waals surface area contributed by atoms with Crippen LogP contribution in [-0.2, 0) is 0 Å². The summed E-state index contributed by atoms with van der Waals surface area (Å²) in [6.45, 7) is 1.10. The van der Waals surface area contributed by atoms with E-state index in [9.17, 15) is 0 Å². The number of benzene rings is 3. The smallest absolute Gasteiger partial charge is 0.147 e. The molecule has 0 saturated heterocycles. The highest BCUT2D eigenvalue weighted by molar-refractivity contribution is 9.12. The lowest BCUT2D eigenvalue weighted by Gasteiger charge is -2.23. The number of hydrogen-bond acceptors (Lipinski definition) is 2. The largest absolute Gasteiger partial charge is 0.490 e. The number of hydrogen-bond donors (Lipinski definition) is 0. The SMILES string of the molecule is BrCC(Br)COc1c(Br)cc(C(c2ccccc2)c2cc(Br)c(OCC(Br)CBr)c(Br)c2)cc1Br. The molecule has 2 atom stereocenters. The molecule has 0 bridgehead atoms. The van der Waals surface area contributed by atoms with Crippen LogP contribution in [0.5, 0.6) is 11.5 Å². The van der Waals surface area contributed by atoms with Gasteiger partial charge in [0.25, 0.3) is 0 Å². The van der Waals surface area contributed by atoms with Crippen molar-refractivity contribution in [3.05, 3.63) is 89.2 Å². The number of halogens is 8. The summed E-state index contributed by atoms with van der Waals surface area (Å²) in [5.41, 5.74) is 3.45. The normalized spacial score (nSPS) is 13.8. The first-order valence-corrected chi connectivity index (χ1v) is 17.7. The van der Waals surface area contributed by atoms with Gasteiger partial charge in [-0.1, -0.05) is 94.1 Å². The van der Waals surface area contributed by atoms with E-state index < -0.39 is 0 Å². The maximum Gasteiger partial charge on any atom is 0.147 e. The Kier molecular flexibility index (Phi) is 13.2. The zero-order chi connectivity index (χ0) is 25.5. The van der Waals surface area contributed by atoms with Crippen LogP contribution in [0.15, 0.2) is 72.5 Å². The van der Waals surface area contributed by atoms with E-state index >= 15 is 0 Å². The zero-order valence-electron chi connectivity index (χ0n) is 18.1. The summed E-state index contributed by atoms with van der Waals surface area (Å²) >= 11 is 29.1. The minimum atomic E-state index is -0.00238. The van der Waals surface area contributed by atoms with Crippen LogP contribution in [-0.4, -0.2) is 33.5 Å². The van der Waals surface area contributed by atoms with Crippen molar-refractivity contribution in [2.24, 2.45) is 0 Å². The summed E-state index contributed by atoms with van der Waals surface area (Å²) in [7, 11) is 0. The van der Waals surface area contributed by atoms with Crippen LogP contribution in [0, 0.1) is 0 Å². The molecule has 0 amide bonds. The molecule has 35 heavy (non-hydrogen) atoms.